The van der Waals surface area contributed by atoms with Gasteiger partial charge in [-0.05, 0) is 13.3 Å². The number of benzene rings is 1. The number of hydrogen-bond acceptors (Lipinski definition) is 4. The van der Waals surface area contributed by atoms with Gasteiger partial charge in [0.2, 0.25) is 6.79 Å². The van der Waals surface area contributed by atoms with Crippen LogP contribution in [-0.2, 0) is 6.42 Å². The summed E-state index contributed by atoms with van der Waals surface area (Å²) in [6, 6.07) is 3.78. The molecule has 1 aliphatic rings. The molecule has 1 aromatic heterocycles. The van der Waals surface area contributed by atoms with Gasteiger partial charge in [0.25, 0.3) is 0 Å². The van der Waals surface area contributed by atoms with Crippen LogP contribution in [0.2, 0.25) is 0 Å². The van der Waals surface area contributed by atoms with Crippen molar-refractivity contribution in [1.29, 1.82) is 0 Å². The van der Waals surface area contributed by atoms with Crippen molar-refractivity contribution < 1.29 is 9.47 Å². The van der Waals surface area contributed by atoms with Crippen LogP contribution in [0.15, 0.2) is 12.1 Å². The molecular formula is C12H12N2O2. The van der Waals surface area contributed by atoms with E-state index in [0.717, 1.165) is 40.3 Å². The number of hydrogen-bond donors (Lipinski definition) is 0. The Morgan fingerprint density at radius 3 is 2.38 bits per heavy atom. The summed E-state index contributed by atoms with van der Waals surface area (Å²) in [6.07, 6.45) is 0.892. The number of fused-ring (bicyclic) bond motifs is 2. The van der Waals surface area contributed by atoms with Gasteiger partial charge in [0.1, 0.15) is 0 Å². The lowest BCUT2D eigenvalue weighted by Gasteiger charge is -2.05. The SMILES string of the molecule is CCc1nc2cc3c(cc2nc1C)OCO3. The molecule has 4 nitrogen and oxygen atoms in total. The molecule has 0 N–H and O–H groups in total. The van der Waals surface area contributed by atoms with Gasteiger partial charge in [-0.25, -0.2) is 9.97 Å². The second kappa shape index (κ2) is 3.33. The molecule has 1 aromatic carbocycles. The summed E-state index contributed by atoms with van der Waals surface area (Å²) in [6.45, 7) is 4.34. The van der Waals surface area contributed by atoms with Gasteiger partial charge in [-0.1, -0.05) is 6.92 Å². The zero-order valence-electron chi connectivity index (χ0n) is 9.28. The van der Waals surface area contributed by atoms with E-state index in [-0.39, 0.29) is 6.79 Å². The number of nitrogens with zero attached hydrogens (tertiary/aromatic N) is 2. The van der Waals surface area contributed by atoms with Crippen LogP contribution in [0.4, 0.5) is 0 Å². The lowest BCUT2D eigenvalue weighted by Crippen LogP contribution is -1.96. The lowest BCUT2D eigenvalue weighted by molar-refractivity contribution is 0.174. The maximum atomic E-state index is 5.32. The zero-order chi connectivity index (χ0) is 11.1. The normalized spacial score (nSPS) is 13.4. The molecule has 0 saturated carbocycles. The quantitative estimate of drug-likeness (QED) is 0.733. The fourth-order valence-electron chi connectivity index (χ4n) is 1.91. The fourth-order valence-corrected chi connectivity index (χ4v) is 1.91. The molecule has 0 amide bonds. The van der Waals surface area contributed by atoms with Crippen molar-refractivity contribution in [3.05, 3.63) is 23.5 Å². The maximum absolute atomic E-state index is 5.32. The van der Waals surface area contributed by atoms with E-state index in [2.05, 4.69) is 16.9 Å². The Morgan fingerprint density at radius 2 is 1.75 bits per heavy atom. The Balaban J connectivity index is 2.28. The van der Waals surface area contributed by atoms with E-state index in [9.17, 15) is 0 Å². The van der Waals surface area contributed by atoms with Gasteiger partial charge in [-0.15, -0.1) is 0 Å². The maximum Gasteiger partial charge on any atom is 0.231 e. The van der Waals surface area contributed by atoms with Crippen LogP contribution in [0, 0.1) is 6.92 Å². The predicted octanol–water partition coefficient (Wildman–Crippen LogP) is 2.23. The molecule has 82 valence electrons. The van der Waals surface area contributed by atoms with Crippen LogP contribution < -0.4 is 9.47 Å². The molecule has 0 aliphatic carbocycles. The number of rotatable bonds is 1. The summed E-state index contributed by atoms with van der Waals surface area (Å²) in [4.78, 5) is 9.10. The Kier molecular flexibility index (Phi) is 1.96. The average molecular weight is 216 g/mol. The zero-order valence-corrected chi connectivity index (χ0v) is 9.28. The van der Waals surface area contributed by atoms with Gasteiger partial charge in [-0.3, -0.25) is 0 Å². The minimum absolute atomic E-state index is 0.283. The van der Waals surface area contributed by atoms with Gasteiger partial charge in [0.05, 0.1) is 22.4 Å². The Bertz CT molecular complexity index is 556. The Hall–Kier alpha value is -1.84. The third-order valence-corrected chi connectivity index (χ3v) is 2.77. The molecule has 0 radical (unpaired) electrons. The number of ether oxygens (including phenoxy) is 2. The first-order chi connectivity index (χ1) is 7.78. The van der Waals surface area contributed by atoms with Crippen LogP contribution >= 0.6 is 0 Å². The summed E-state index contributed by atoms with van der Waals surface area (Å²) >= 11 is 0. The molecule has 16 heavy (non-hydrogen) atoms. The number of aryl methyl sites for hydroxylation is 2. The standard InChI is InChI=1S/C12H12N2O2/c1-3-8-7(2)13-9-4-11-12(16-6-15-11)5-10(9)14-8/h4-5H,3,6H2,1-2H3. The summed E-state index contributed by atoms with van der Waals surface area (Å²) in [5.74, 6) is 1.51. The molecule has 0 fully saturated rings. The Labute approximate surface area is 93.2 Å². The molecule has 0 saturated heterocycles. The Morgan fingerprint density at radius 1 is 1.12 bits per heavy atom. The van der Waals surface area contributed by atoms with E-state index in [0.29, 0.717) is 0 Å². The predicted molar refractivity (Wildman–Crippen MR) is 59.8 cm³/mol. The van der Waals surface area contributed by atoms with E-state index < -0.39 is 0 Å². The minimum Gasteiger partial charge on any atom is -0.454 e. The lowest BCUT2D eigenvalue weighted by atomic mass is 10.2. The average Bonchev–Trinajstić information content (AvgIpc) is 2.72. The van der Waals surface area contributed by atoms with Gasteiger partial charge < -0.3 is 9.47 Å². The third-order valence-electron chi connectivity index (χ3n) is 2.77. The summed E-state index contributed by atoms with van der Waals surface area (Å²) < 4.78 is 10.6. The van der Waals surface area contributed by atoms with Crippen LogP contribution in [0.25, 0.3) is 11.0 Å². The van der Waals surface area contributed by atoms with E-state index >= 15 is 0 Å². The molecule has 0 atom stereocenters. The van der Waals surface area contributed by atoms with Crippen molar-refractivity contribution in [2.75, 3.05) is 6.79 Å². The van der Waals surface area contributed by atoms with Gasteiger partial charge >= 0.3 is 0 Å². The van der Waals surface area contributed by atoms with Crippen molar-refractivity contribution >= 4 is 11.0 Å². The highest BCUT2D eigenvalue weighted by Crippen LogP contribution is 2.35. The van der Waals surface area contributed by atoms with Gasteiger partial charge in [0, 0.05) is 12.1 Å². The largest absolute Gasteiger partial charge is 0.454 e. The second-order valence-electron chi connectivity index (χ2n) is 3.80. The molecule has 0 bridgehead atoms. The van der Waals surface area contributed by atoms with Crippen LogP contribution in [0.1, 0.15) is 18.3 Å². The van der Waals surface area contributed by atoms with Crippen molar-refractivity contribution in [2.24, 2.45) is 0 Å². The molecule has 0 unspecified atom stereocenters. The van der Waals surface area contributed by atoms with Crippen LogP contribution in [0.5, 0.6) is 11.5 Å². The monoisotopic (exact) mass is 216 g/mol. The van der Waals surface area contributed by atoms with E-state index in [1.165, 1.54) is 0 Å². The molecule has 4 heteroatoms. The van der Waals surface area contributed by atoms with Crippen LogP contribution in [-0.4, -0.2) is 16.8 Å². The van der Waals surface area contributed by atoms with Crippen molar-refractivity contribution in [3.63, 3.8) is 0 Å². The highest BCUT2D eigenvalue weighted by Gasteiger charge is 2.15. The van der Waals surface area contributed by atoms with E-state index in [1.54, 1.807) is 0 Å². The minimum atomic E-state index is 0.283. The first-order valence-corrected chi connectivity index (χ1v) is 5.35. The van der Waals surface area contributed by atoms with E-state index in [1.807, 2.05) is 19.1 Å². The fraction of sp³-hybridized carbons (Fsp3) is 0.333. The van der Waals surface area contributed by atoms with Gasteiger partial charge in [-0.2, -0.15) is 0 Å². The summed E-state index contributed by atoms with van der Waals surface area (Å²) in [7, 11) is 0. The molecular weight excluding hydrogens is 204 g/mol. The van der Waals surface area contributed by atoms with E-state index in [4.69, 9.17) is 9.47 Å². The molecule has 1 aliphatic heterocycles. The van der Waals surface area contributed by atoms with Crippen molar-refractivity contribution in [1.82, 2.24) is 9.97 Å². The molecule has 3 rings (SSSR count). The molecule has 2 heterocycles. The second-order valence-corrected chi connectivity index (χ2v) is 3.80. The van der Waals surface area contributed by atoms with Crippen molar-refractivity contribution in [2.45, 2.75) is 20.3 Å². The summed E-state index contributed by atoms with van der Waals surface area (Å²) in [5, 5.41) is 0. The molecule has 2 aromatic rings. The summed E-state index contributed by atoms with van der Waals surface area (Å²) in [5.41, 5.74) is 3.74. The highest BCUT2D eigenvalue weighted by molar-refractivity contribution is 5.79. The third kappa shape index (κ3) is 1.30. The highest BCUT2D eigenvalue weighted by atomic mass is 16.7. The first kappa shape index (κ1) is 9.39. The van der Waals surface area contributed by atoms with Crippen LogP contribution in [0.3, 0.4) is 0 Å². The topological polar surface area (TPSA) is 44.2 Å². The van der Waals surface area contributed by atoms with Gasteiger partial charge in [0.15, 0.2) is 11.5 Å². The first-order valence-electron chi connectivity index (χ1n) is 5.35. The van der Waals surface area contributed by atoms with Crippen molar-refractivity contribution in [3.8, 4) is 11.5 Å². The molecule has 0 spiro atoms. The number of aromatic nitrogens is 2. The smallest absolute Gasteiger partial charge is 0.231 e.